The van der Waals surface area contributed by atoms with Gasteiger partial charge in [-0.15, -0.1) is 0 Å². The fourth-order valence-corrected chi connectivity index (χ4v) is 2.26. The van der Waals surface area contributed by atoms with Crippen LogP contribution in [-0.2, 0) is 11.8 Å². The van der Waals surface area contributed by atoms with Gasteiger partial charge in [0, 0.05) is 12.0 Å². The monoisotopic (exact) mass is 304 g/mol. The van der Waals surface area contributed by atoms with Crippen LogP contribution in [-0.4, -0.2) is 5.78 Å². The van der Waals surface area contributed by atoms with Crippen LogP contribution in [0.3, 0.4) is 0 Å². The van der Waals surface area contributed by atoms with Gasteiger partial charge in [-0.05, 0) is 34.7 Å². The number of ketones is 1. The Bertz CT molecular complexity index is 654. The fourth-order valence-electron chi connectivity index (χ4n) is 2.08. The summed E-state index contributed by atoms with van der Waals surface area (Å²) < 4.78 is 13.1. The molecule has 0 amide bonds. The number of carbonyl (C=O) groups is 1. The Labute approximate surface area is 129 Å². The van der Waals surface area contributed by atoms with Crippen molar-refractivity contribution in [1.29, 1.82) is 0 Å². The predicted molar refractivity (Wildman–Crippen MR) is 84.6 cm³/mol. The van der Waals surface area contributed by atoms with Crippen LogP contribution >= 0.6 is 11.6 Å². The molecule has 0 unspecified atom stereocenters. The van der Waals surface area contributed by atoms with Gasteiger partial charge in [0.05, 0.1) is 5.02 Å². The van der Waals surface area contributed by atoms with E-state index >= 15 is 0 Å². The van der Waals surface area contributed by atoms with Gasteiger partial charge in [0.25, 0.3) is 0 Å². The van der Waals surface area contributed by atoms with Crippen LogP contribution in [0.4, 0.5) is 4.39 Å². The molecule has 0 aliphatic carbocycles. The molecule has 2 aromatic rings. The first-order chi connectivity index (χ1) is 9.77. The van der Waals surface area contributed by atoms with Crippen molar-refractivity contribution >= 4 is 17.4 Å². The molecule has 0 bridgehead atoms. The summed E-state index contributed by atoms with van der Waals surface area (Å²) in [5, 5.41) is -0.0241. The summed E-state index contributed by atoms with van der Waals surface area (Å²) >= 11 is 5.70. The minimum absolute atomic E-state index is 0.0241. The number of halogens is 2. The lowest BCUT2D eigenvalue weighted by molar-refractivity contribution is 0.0993. The number of hydrogen-bond donors (Lipinski definition) is 0. The largest absolute Gasteiger partial charge is 0.294 e. The molecule has 0 aromatic heterocycles. The number of carbonyl (C=O) groups excluding carboxylic acids is 1. The molecule has 0 atom stereocenters. The summed E-state index contributed by atoms with van der Waals surface area (Å²) in [6.07, 6.45) is 0.284. The molecule has 0 heterocycles. The van der Waals surface area contributed by atoms with Crippen LogP contribution in [0.2, 0.25) is 5.02 Å². The fraction of sp³-hybridized carbons (Fsp3) is 0.278. The molecule has 1 nitrogen and oxygen atoms in total. The molecular weight excluding hydrogens is 287 g/mol. The van der Waals surface area contributed by atoms with Gasteiger partial charge in [0.15, 0.2) is 5.78 Å². The zero-order chi connectivity index (χ0) is 15.6. The van der Waals surface area contributed by atoms with Crippen LogP contribution in [0, 0.1) is 5.82 Å². The summed E-state index contributed by atoms with van der Waals surface area (Å²) in [6, 6.07) is 12.1. The number of benzene rings is 2. The molecule has 2 aromatic carbocycles. The predicted octanol–water partition coefficient (Wildman–Crippen LogP) is 5.20. The highest BCUT2D eigenvalue weighted by Crippen LogP contribution is 2.23. The molecule has 0 aliphatic rings. The Kier molecular flexibility index (Phi) is 4.48. The van der Waals surface area contributed by atoms with Crippen LogP contribution in [0.1, 0.15) is 42.3 Å². The molecule has 2 rings (SSSR count). The van der Waals surface area contributed by atoms with E-state index in [0.29, 0.717) is 5.56 Å². The molecule has 0 fully saturated rings. The summed E-state index contributed by atoms with van der Waals surface area (Å²) in [5.74, 6) is -0.580. The van der Waals surface area contributed by atoms with E-state index in [1.807, 2.05) is 24.3 Å². The molecule has 0 saturated carbocycles. The van der Waals surface area contributed by atoms with E-state index in [1.54, 1.807) is 0 Å². The van der Waals surface area contributed by atoms with Crippen LogP contribution in [0.25, 0.3) is 0 Å². The highest BCUT2D eigenvalue weighted by Gasteiger charge is 2.14. The van der Waals surface area contributed by atoms with Crippen LogP contribution < -0.4 is 0 Å². The molecule has 0 radical (unpaired) electrons. The van der Waals surface area contributed by atoms with Crippen LogP contribution in [0.5, 0.6) is 0 Å². The van der Waals surface area contributed by atoms with E-state index < -0.39 is 5.82 Å². The first-order valence-electron chi connectivity index (χ1n) is 6.85. The van der Waals surface area contributed by atoms with Gasteiger partial charge >= 0.3 is 0 Å². The Morgan fingerprint density at radius 3 is 2.24 bits per heavy atom. The first kappa shape index (κ1) is 15.7. The summed E-state index contributed by atoms with van der Waals surface area (Å²) in [5.41, 5.74) is 2.69. The molecule has 0 saturated heterocycles. The van der Waals surface area contributed by atoms with Gasteiger partial charge in [0.2, 0.25) is 0 Å². The average Bonchev–Trinajstić information content (AvgIpc) is 2.41. The highest BCUT2D eigenvalue weighted by atomic mass is 35.5. The summed E-state index contributed by atoms with van der Waals surface area (Å²) in [7, 11) is 0. The second-order valence-electron chi connectivity index (χ2n) is 6.18. The van der Waals surface area contributed by atoms with Crippen LogP contribution in [0.15, 0.2) is 42.5 Å². The number of rotatable bonds is 3. The zero-order valence-corrected chi connectivity index (χ0v) is 13.2. The van der Waals surface area contributed by atoms with Crippen molar-refractivity contribution in [2.75, 3.05) is 0 Å². The molecule has 3 heteroatoms. The van der Waals surface area contributed by atoms with Crippen molar-refractivity contribution in [1.82, 2.24) is 0 Å². The second-order valence-corrected chi connectivity index (χ2v) is 6.58. The smallest absolute Gasteiger partial charge is 0.167 e. The lowest BCUT2D eigenvalue weighted by atomic mass is 9.86. The second kappa shape index (κ2) is 5.98. The van der Waals surface area contributed by atoms with Crippen molar-refractivity contribution in [3.63, 3.8) is 0 Å². The minimum atomic E-state index is -0.511. The van der Waals surface area contributed by atoms with Crippen molar-refractivity contribution in [2.24, 2.45) is 0 Å². The van der Waals surface area contributed by atoms with Crippen molar-refractivity contribution < 1.29 is 9.18 Å². The lowest BCUT2D eigenvalue weighted by Crippen LogP contribution is -2.11. The first-order valence-corrected chi connectivity index (χ1v) is 7.23. The molecular formula is C18H18ClFO. The molecule has 0 N–H and O–H groups in total. The van der Waals surface area contributed by atoms with Gasteiger partial charge in [0.1, 0.15) is 5.82 Å². The number of Topliss-reactive ketones (excluding diaryl/α,β-unsaturated/α-hetero) is 1. The van der Waals surface area contributed by atoms with E-state index in [2.05, 4.69) is 20.8 Å². The standard InChI is InChI=1S/C18H18ClFO/c1-18(2,3)14-7-4-12(5-8-14)10-17(21)13-6-9-16(20)15(19)11-13/h4-9,11H,10H2,1-3H3. The maximum absolute atomic E-state index is 13.1. The van der Waals surface area contributed by atoms with E-state index in [1.165, 1.54) is 23.8 Å². The third-order valence-corrected chi connectivity index (χ3v) is 3.72. The van der Waals surface area contributed by atoms with Gasteiger partial charge in [-0.1, -0.05) is 56.6 Å². The Hall–Kier alpha value is -1.67. The Balaban J connectivity index is 2.14. The topological polar surface area (TPSA) is 17.1 Å². The Morgan fingerprint density at radius 2 is 1.71 bits per heavy atom. The third kappa shape index (κ3) is 3.92. The third-order valence-electron chi connectivity index (χ3n) is 3.43. The zero-order valence-electron chi connectivity index (χ0n) is 12.4. The van der Waals surface area contributed by atoms with Crippen molar-refractivity contribution in [3.05, 3.63) is 70.0 Å². The molecule has 110 valence electrons. The maximum atomic E-state index is 13.1. The quantitative estimate of drug-likeness (QED) is 0.712. The molecule has 21 heavy (non-hydrogen) atoms. The lowest BCUT2D eigenvalue weighted by Gasteiger charge is -2.19. The van der Waals surface area contributed by atoms with Gasteiger partial charge < -0.3 is 0 Å². The SMILES string of the molecule is CC(C)(C)c1ccc(CC(=O)c2ccc(F)c(Cl)c2)cc1. The Morgan fingerprint density at radius 1 is 1.10 bits per heavy atom. The summed E-state index contributed by atoms with van der Waals surface area (Å²) in [6.45, 7) is 6.44. The van der Waals surface area contributed by atoms with E-state index in [9.17, 15) is 9.18 Å². The van der Waals surface area contributed by atoms with E-state index in [-0.39, 0.29) is 22.6 Å². The normalized spacial score (nSPS) is 11.5. The van der Waals surface area contributed by atoms with Crippen molar-refractivity contribution in [2.45, 2.75) is 32.6 Å². The van der Waals surface area contributed by atoms with E-state index in [0.717, 1.165) is 5.56 Å². The highest BCUT2D eigenvalue weighted by molar-refractivity contribution is 6.31. The molecule has 0 spiro atoms. The van der Waals surface area contributed by atoms with Crippen molar-refractivity contribution in [3.8, 4) is 0 Å². The van der Waals surface area contributed by atoms with E-state index in [4.69, 9.17) is 11.6 Å². The summed E-state index contributed by atoms with van der Waals surface area (Å²) in [4.78, 5) is 12.2. The number of hydrogen-bond acceptors (Lipinski definition) is 1. The molecule has 0 aliphatic heterocycles. The average molecular weight is 305 g/mol. The van der Waals surface area contributed by atoms with Gasteiger partial charge in [-0.25, -0.2) is 4.39 Å². The van der Waals surface area contributed by atoms with Gasteiger partial charge in [-0.3, -0.25) is 4.79 Å². The van der Waals surface area contributed by atoms with Gasteiger partial charge in [-0.2, -0.15) is 0 Å². The maximum Gasteiger partial charge on any atom is 0.167 e. The minimum Gasteiger partial charge on any atom is -0.294 e.